The zero-order chi connectivity index (χ0) is 18.7. The van der Waals surface area contributed by atoms with E-state index in [0.717, 1.165) is 38.6 Å². The Morgan fingerprint density at radius 1 is 1.07 bits per heavy atom. The first-order chi connectivity index (χ1) is 12.5. The van der Waals surface area contributed by atoms with Gasteiger partial charge in [0.25, 0.3) is 5.91 Å². The van der Waals surface area contributed by atoms with Gasteiger partial charge in [-0.1, -0.05) is 23.2 Å². The third-order valence-electron chi connectivity index (χ3n) is 5.41. The van der Waals surface area contributed by atoms with Gasteiger partial charge < -0.3 is 15.5 Å². The highest BCUT2D eigenvalue weighted by Crippen LogP contribution is 2.27. The van der Waals surface area contributed by atoms with Crippen LogP contribution in [0, 0.1) is 5.92 Å². The molecule has 2 N–H and O–H groups in total. The molecule has 0 aliphatic carbocycles. The maximum Gasteiger partial charge on any atom is 0.253 e. The van der Waals surface area contributed by atoms with Crippen molar-refractivity contribution in [3.63, 3.8) is 0 Å². The molecule has 2 unspecified atom stereocenters. The van der Waals surface area contributed by atoms with E-state index in [1.807, 2.05) is 4.90 Å². The summed E-state index contributed by atoms with van der Waals surface area (Å²) in [5.41, 5.74) is 6.36. The number of carbonyl (C=O) groups is 2. The summed E-state index contributed by atoms with van der Waals surface area (Å²) in [5.74, 6) is -0.107. The number of nitrogens with zero attached hydrogens (tertiary/aromatic N) is 2. The van der Waals surface area contributed by atoms with Crippen LogP contribution >= 0.6 is 35.6 Å². The molecule has 2 saturated heterocycles. The van der Waals surface area contributed by atoms with Crippen molar-refractivity contribution in [2.24, 2.45) is 11.7 Å². The Balaban J connectivity index is 0.00000261. The van der Waals surface area contributed by atoms with E-state index in [2.05, 4.69) is 0 Å². The van der Waals surface area contributed by atoms with Crippen LogP contribution in [0.5, 0.6) is 0 Å². The monoisotopic (exact) mass is 433 g/mol. The van der Waals surface area contributed by atoms with Crippen molar-refractivity contribution in [2.75, 3.05) is 26.2 Å². The third-order valence-corrected chi connectivity index (χ3v) is 6.15. The molecule has 5 nitrogen and oxygen atoms in total. The van der Waals surface area contributed by atoms with E-state index in [9.17, 15) is 9.59 Å². The standard InChI is InChI=1S/C19H25Cl2N3O2.ClH/c20-16-7-6-13(10-17(16)21)18(25)23-8-3-4-14(12-23)19(26)24-9-2-1-5-15(24)11-22;/h6-7,10,14-15H,1-5,8-9,11-12,22H2;1H. The van der Waals surface area contributed by atoms with Crippen molar-refractivity contribution in [1.29, 1.82) is 0 Å². The van der Waals surface area contributed by atoms with Crippen molar-refractivity contribution in [1.82, 2.24) is 9.80 Å². The third kappa shape index (κ3) is 5.08. The number of halogens is 3. The van der Waals surface area contributed by atoms with Crippen LogP contribution < -0.4 is 5.73 Å². The van der Waals surface area contributed by atoms with E-state index >= 15 is 0 Å². The van der Waals surface area contributed by atoms with Gasteiger partial charge in [-0.25, -0.2) is 0 Å². The minimum Gasteiger partial charge on any atom is -0.338 e. The maximum atomic E-state index is 13.0. The first-order valence-electron chi connectivity index (χ1n) is 9.26. The fourth-order valence-electron chi connectivity index (χ4n) is 3.95. The number of hydrogen-bond donors (Lipinski definition) is 1. The quantitative estimate of drug-likeness (QED) is 0.790. The van der Waals surface area contributed by atoms with Gasteiger partial charge in [0.1, 0.15) is 0 Å². The molecule has 0 bridgehead atoms. The lowest BCUT2D eigenvalue weighted by atomic mass is 9.93. The van der Waals surface area contributed by atoms with Gasteiger partial charge in [-0.15, -0.1) is 12.4 Å². The van der Waals surface area contributed by atoms with Crippen molar-refractivity contribution >= 4 is 47.4 Å². The molecule has 0 aromatic heterocycles. The smallest absolute Gasteiger partial charge is 0.253 e. The van der Waals surface area contributed by atoms with Crippen molar-refractivity contribution in [2.45, 2.75) is 38.1 Å². The lowest BCUT2D eigenvalue weighted by Gasteiger charge is -2.40. The summed E-state index contributed by atoms with van der Waals surface area (Å²) in [4.78, 5) is 29.5. The number of rotatable bonds is 3. The van der Waals surface area contributed by atoms with Gasteiger partial charge in [-0.3, -0.25) is 9.59 Å². The molecular formula is C19H26Cl3N3O2. The fraction of sp³-hybridized carbons (Fsp3) is 0.579. The van der Waals surface area contributed by atoms with Crippen LogP contribution in [0.15, 0.2) is 18.2 Å². The van der Waals surface area contributed by atoms with Gasteiger partial charge >= 0.3 is 0 Å². The summed E-state index contributed by atoms with van der Waals surface area (Å²) in [5, 5.41) is 0.786. The summed E-state index contributed by atoms with van der Waals surface area (Å²) >= 11 is 12.0. The molecule has 0 radical (unpaired) electrons. The second-order valence-corrected chi connectivity index (χ2v) is 7.95. The highest BCUT2D eigenvalue weighted by molar-refractivity contribution is 6.42. The molecule has 2 fully saturated rings. The Morgan fingerprint density at radius 3 is 2.56 bits per heavy atom. The average molecular weight is 435 g/mol. The molecule has 2 aliphatic heterocycles. The van der Waals surface area contributed by atoms with E-state index < -0.39 is 0 Å². The minimum atomic E-state index is -0.150. The van der Waals surface area contributed by atoms with Gasteiger partial charge in [-0.05, 0) is 50.3 Å². The Bertz CT molecular complexity index is 686. The molecule has 2 heterocycles. The highest BCUT2D eigenvalue weighted by Gasteiger charge is 2.34. The molecule has 3 rings (SSSR count). The van der Waals surface area contributed by atoms with E-state index in [0.29, 0.717) is 35.2 Å². The Kier molecular flexibility index (Phi) is 8.22. The van der Waals surface area contributed by atoms with Crippen LogP contribution in [-0.4, -0.2) is 53.8 Å². The average Bonchev–Trinajstić information content (AvgIpc) is 2.69. The minimum absolute atomic E-state index is 0. The zero-order valence-corrected chi connectivity index (χ0v) is 17.5. The lowest BCUT2D eigenvalue weighted by molar-refractivity contribution is -0.140. The normalized spacial score (nSPS) is 22.9. The highest BCUT2D eigenvalue weighted by atomic mass is 35.5. The number of likely N-dealkylation sites (tertiary alicyclic amines) is 2. The summed E-state index contributed by atoms with van der Waals surface area (Å²) in [6, 6.07) is 5.03. The molecule has 2 atom stereocenters. The van der Waals surface area contributed by atoms with E-state index in [-0.39, 0.29) is 36.2 Å². The lowest BCUT2D eigenvalue weighted by Crippen LogP contribution is -2.53. The predicted octanol–water partition coefficient (Wildman–Crippen LogP) is 3.61. The van der Waals surface area contributed by atoms with Crippen LogP contribution in [0.4, 0.5) is 0 Å². The molecule has 2 amide bonds. The maximum absolute atomic E-state index is 13.0. The summed E-state index contributed by atoms with van der Waals surface area (Å²) in [7, 11) is 0. The Hall–Kier alpha value is -1.01. The van der Waals surface area contributed by atoms with Gasteiger partial charge in [0.15, 0.2) is 0 Å². The molecule has 1 aromatic rings. The number of amides is 2. The number of hydrogen-bond acceptors (Lipinski definition) is 3. The van der Waals surface area contributed by atoms with Gasteiger partial charge in [0.05, 0.1) is 16.0 Å². The molecule has 1 aromatic carbocycles. The topological polar surface area (TPSA) is 66.6 Å². The predicted molar refractivity (Wildman–Crippen MR) is 111 cm³/mol. The van der Waals surface area contributed by atoms with E-state index in [1.54, 1.807) is 23.1 Å². The molecule has 150 valence electrons. The Morgan fingerprint density at radius 2 is 1.85 bits per heavy atom. The van der Waals surface area contributed by atoms with Crippen LogP contribution in [0.1, 0.15) is 42.5 Å². The van der Waals surface area contributed by atoms with Crippen molar-refractivity contribution in [3.05, 3.63) is 33.8 Å². The number of carbonyl (C=O) groups excluding carboxylic acids is 2. The SMILES string of the molecule is Cl.NCC1CCCCN1C(=O)C1CCCN(C(=O)c2ccc(Cl)c(Cl)c2)C1. The van der Waals surface area contributed by atoms with Crippen LogP contribution in [0.25, 0.3) is 0 Å². The largest absolute Gasteiger partial charge is 0.338 e. The fourth-order valence-corrected chi connectivity index (χ4v) is 4.24. The summed E-state index contributed by atoms with van der Waals surface area (Å²) < 4.78 is 0. The molecule has 8 heteroatoms. The summed E-state index contributed by atoms with van der Waals surface area (Å²) in [6.07, 6.45) is 4.77. The van der Waals surface area contributed by atoms with Gasteiger partial charge in [0, 0.05) is 37.8 Å². The van der Waals surface area contributed by atoms with Gasteiger partial charge in [-0.2, -0.15) is 0 Å². The van der Waals surface area contributed by atoms with Crippen molar-refractivity contribution in [3.8, 4) is 0 Å². The number of nitrogens with two attached hydrogens (primary N) is 1. The zero-order valence-electron chi connectivity index (χ0n) is 15.2. The van der Waals surface area contributed by atoms with Crippen LogP contribution in [0.3, 0.4) is 0 Å². The molecule has 0 spiro atoms. The Labute approximate surface area is 176 Å². The first-order valence-corrected chi connectivity index (χ1v) is 10.0. The van der Waals surface area contributed by atoms with E-state index in [1.165, 1.54) is 0 Å². The van der Waals surface area contributed by atoms with Crippen LogP contribution in [0.2, 0.25) is 10.0 Å². The molecule has 27 heavy (non-hydrogen) atoms. The van der Waals surface area contributed by atoms with Crippen molar-refractivity contribution < 1.29 is 9.59 Å². The molecule has 0 saturated carbocycles. The van der Waals surface area contributed by atoms with Crippen LogP contribution in [-0.2, 0) is 4.79 Å². The van der Waals surface area contributed by atoms with Gasteiger partial charge in [0.2, 0.25) is 5.91 Å². The second-order valence-electron chi connectivity index (χ2n) is 7.14. The first kappa shape index (κ1) is 22.3. The second kappa shape index (κ2) is 9.97. The molecular weight excluding hydrogens is 409 g/mol. The number of benzene rings is 1. The molecule has 2 aliphatic rings. The number of piperidine rings is 2. The summed E-state index contributed by atoms with van der Waals surface area (Å²) in [6.45, 7) is 2.39. The van der Waals surface area contributed by atoms with E-state index in [4.69, 9.17) is 28.9 Å².